The Hall–Kier alpha value is -2.56. The van der Waals surface area contributed by atoms with E-state index in [1.165, 1.54) is 5.56 Å². The van der Waals surface area contributed by atoms with Crippen LogP contribution in [0, 0.1) is 11.3 Å². The molecule has 7 heteroatoms. The van der Waals surface area contributed by atoms with E-state index in [1.807, 2.05) is 39.2 Å². The third kappa shape index (κ3) is 7.08. The smallest absolute Gasteiger partial charge is 0.257 e. The highest BCUT2D eigenvalue weighted by Gasteiger charge is 2.16. The maximum atomic E-state index is 12.3. The van der Waals surface area contributed by atoms with Gasteiger partial charge in [0.2, 0.25) is 0 Å². The van der Waals surface area contributed by atoms with Gasteiger partial charge in [0.05, 0.1) is 22.7 Å². The summed E-state index contributed by atoms with van der Waals surface area (Å²) >= 11 is 3.38. The molecule has 2 aromatic rings. The zero-order chi connectivity index (χ0) is 21.2. The molecule has 0 spiro atoms. The second-order valence-electron chi connectivity index (χ2n) is 6.73. The Morgan fingerprint density at radius 2 is 1.97 bits per heavy atom. The lowest BCUT2D eigenvalue weighted by atomic mass is 10.1. The number of hydrogen-bond acceptors (Lipinski definition) is 5. The summed E-state index contributed by atoms with van der Waals surface area (Å²) in [6.45, 7) is 2.64. The number of carbonyl (C=O) groups is 1. The highest BCUT2D eigenvalue weighted by molar-refractivity contribution is 9.10. The van der Waals surface area contributed by atoms with Crippen molar-refractivity contribution in [2.24, 2.45) is 0 Å². The minimum absolute atomic E-state index is 0.143. The summed E-state index contributed by atoms with van der Waals surface area (Å²) < 4.78 is 11.8. The minimum atomic E-state index is -0.219. The van der Waals surface area contributed by atoms with E-state index in [1.54, 1.807) is 12.1 Å². The number of rotatable bonds is 10. The summed E-state index contributed by atoms with van der Waals surface area (Å²) in [7, 11) is 4.00. The van der Waals surface area contributed by atoms with Gasteiger partial charge in [0.25, 0.3) is 5.91 Å². The highest BCUT2D eigenvalue weighted by atomic mass is 79.9. The first-order chi connectivity index (χ1) is 13.9. The van der Waals surface area contributed by atoms with Crippen molar-refractivity contribution in [1.82, 2.24) is 10.2 Å². The summed E-state index contributed by atoms with van der Waals surface area (Å²) in [5.74, 6) is 0.625. The van der Waals surface area contributed by atoms with Crippen LogP contribution < -0.4 is 14.8 Å². The molecule has 0 saturated carbocycles. The number of likely N-dealkylation sites (N-methyl/N-ethyl adjacent to an activating group) is 1. The second-order valence-corrected chi connectivity index (χ2v) is 7.58. The van der Waals surface area contributed by atoms with Gasteiger partial charge >= 0.3 is 0 Å². The lowest BCUT2D eigenvalue weighted by Gasteiger charge is -2.25. The maximum Gasteiger partial charge on any atom is 0.257 e. The Balaban J connectivity index is 1.94. The largest absolute Gasteiger partial charge is 0.490 e. The zero-order valence-electron chi connectivity index (χ0n) is 16.9. The number of carbonyl (C=O) groups excluding carboxylic acids is 1. The molecule has 0 fully saturated rings. The van der Waals surface area contributed by atoms with Crippen molar-refractivity contribution < 1.29 is 14.3 Å². The Morgan fingerprint density at radius 1 is 1.24 bits per heavy atom. The van der Waals surface area contributed by atoms with E-state index in [9.17, 15) is 4.79 Å². The van der Waals surface area contributed by atoms with Gasteiger partial charge in [-0.3, -0.25) is 4.79 Å². The molecule has 1 atom stereocenters. The average molecular weight is 460 g/mol. The topological polar surface area (TPSA) is 74.6 Å². The molecule has 1 N–H and O–H groups in total. The molecule has 0 aromatic heterocycles. The molecule has 0 aliphatic rings. The number of hydrogen-bond donors (Lipinski definition) is 1. The van der Waals surface area contributed by atoms with Gasteiger partial charge in [0, 0.05) is 18.7 Å². The van der Waals surface area contributed by atoms with Gasteiger partial charge < -0.3 is 19.7 Å². The number of amides is 1. The average Bonchev–Trinajstić information content (AvgIpc) is 2.71. The summed E-state index contributed by atoms with van der Waals surface area (Å²) in [6, 6.07) is 15.7. The van der Waals surface area contributed by atoms with E-state index in [0.717, 1.165) is 6.42 Å². The van der Waals surface area contributed by atoms with Crippen LogP contribution in [0.2, 0.25) is 0 Å². The first-order valence-corrected chi connectivity index (χ1v) is 10.2. The van der Waals surface area contributed by atoms with Crippen molar-refractivity contribution in [2.75, 3.05) is 33.9 Å². The third-order valence-electron chi connectivity index (χ3n) is 4.37. The second kappa shape index (κ2) is 11.4. The molecule has 1 amide bonds. The van der Waals surface area contributed by atoms with Gasteiger partial charge in [-0.2, -0.15) is 5.26 Å². The number of ether oxygens (including phenoxy) is 2. The molecular formula is C22H26BrN3O3. The summed E-state index contributed by atoms with van der Waals surface area (Å²) in [6.07, 6.45) is 0.838. The predicted molar refractivity (Wildman–Crippen MR) is 116 cm³/mol. The van der Waals surface area contributed by atoms with Crippen LogP contribution >= 0.6 is 15.9 Å². The van der Waals surface area contributed by atoms with E-state index >= 15 is 0 Å². The van der Waals surface area contributed by atoms with E-state index in [0.29, 0.717) is 34.7 Å². The van der Waals surface area contributed by atoms with Crippen LogP contribution in [0.15, 0.2) is 46.9 Å². The molecule has 154 valence electrons. The van der Waals surface area contributed by atoms with Crippen molar-refractivity contribution in [2.45, 2.75) is 19.4 Å². The van der Waals surface area contributed by atoms with Crippen LogP contribution in [0.1, 0.15) is 18.1 Å². The van der Waals surface area contributed by atoms with Crippen LogP contribution in [0.4, 0.5) is 0 Å². The van der Waals surface area contributed by atoms with Crippen molar-refractivity contribution in [3.63, 3.8) is 0 Å². The van der Waals surface area contributed by atoms with Crippen LogP contribution in [0.25, 0.3) is 0 Å². The quantitative estimate of drug-likeness (QED) is 0.589. The van der Waals surface area contributed by atoms with Crippen LogP contribution in [0.3, 0.4) is 0 Å². The Morgan fingerprint density at radius 3 is 2.59 bits per heavy atom. The fourth-order valence-electron chi connectivity index (χ4n) is 2.78. The summed E-state index contributed by atoms with van der Waals surface area (Å²) in [5.41, 5.74) is 1.67. The number of nitrogens with zero attached hydrogens (tertiary/aromatic N) is 2. The number of benzene rings is 2. The molecule has 1 unspecified atom stereocenters. The van der Waals surface area contributed by atoms with Crippen LogP contribution in [0.5, 0.6) is 11.5 Å². The highest BCUT2D eigenvalue weighted by Crippen LogP contribution is 2.36. The molecule has 0 heterocycles. The number of halogens is 1. The van der Waals surface area contributed by atoms with E-state index in [4.69, 9.17) is 14.7 Å². The molecule has 0 aliphatic carbocycles. The number of nitrogens with one attached hydrogen (secondary N) is 1. The first-order valence-electron chi connectivity index (χ1n) is 9.40. The molecular weight excluding hydrogens is 434 g/mol. The van der Waals surface area contributed by atoms with E-state index in [2.05, 4.69) is 44.3 Å². The normalized spacial score (nSPS) is 11.6. The van der Waals surface area contributed by atoms with Crippen molar-refractivity contribution in [3.05, 3.63) is 58.1 Å². The van der Waals surface area contributed by atoms with Crippen molar-refractivity contribution >= 4 is 21.8 Å². The Bertz CT molecular complexity index is 850. The zero-order valence-corrected chi connectivity index (χ0v) is 18.5. The van der Waals surface area contributed by atoms with Crippen LogP contribution in [-0.4, -0.2) is 50.7 Å². The van der Waals surface area contributed by atoms with Gasteiger partial charge in [0.15, 0.2) is 18.1 Å². The third-order valence-corrected chi connectivity index (χ3v) is 4.95. The molecule has 2 aromatic carbocycles. The Kier molecular flexibility index (Phi) is 8.97. The first kappa shape index (κ1) is 22.7. The van der Waals surface area contributed by atoms with Crippen molar-refractivity contribution in [1.29, 1.82) is 5.26 Å². The molecule has 0 aliphatic heterocycles. The molecule has 29 heavy (non-hydrogen) atoms. The van der Waals surface area contributed by atoms with Gasteiger partial charge in [-0.1, -0.05) is 30.3 Å². The summed E-state index contributed by atoms with van der Waals surface area (Å²) in [4.78, 5) is 14.4. The monoisotopic (exact) mass is 459 g/mol. The van der Waals surface area contributed by atoms with Crippen molar-refractivity contribution in [3.8, 4) is 17.6 Å². The van der Waals surface area contributed by atoms with Crippen LogP contribution in [-0.2, 0) is 11.2 Å². The van der Waals surface area contributed by atoms with Gasteiger partial charge in [-0.25, -0.2) is 0 Å². The maximum absolute atomic E-state index is 12.3. The fraction of sp³-hybridized carbons (Fsp3) is 0.364. The molecule has 6 nitrogen and oxygen atoms in total. The minimum Gasteiger partial charge on any atom is -0.490 e. The molecule has 0 saturated heterocycles. The predicted octanol–water partition coefficient (Wildman–Crippen LogP) is 3.39. The molecule has 0 radical (unpaired) electrons. The Labute approximate surface area is 180 Å². The summed E-state index contributed by atoms with van der Waals surface area (Å²) in [5, 5.41) is 12.0. The molecule has 2 rings (SSSR count). The lowest BCUT2D eigenvalue weighted by molar-refractivity contribution is -0.123. The SMILES string of the molecule is CCOc1cc(C#N)cc(Br)c1OCC(=O)NCC(Cc1ccccc1)N(C)C. The molecule has 0 bridgehead atoms. The van der Waals surface area contributed by atoms with Gasteiger partial charge in [-0.05, 0) is 55.0 Å². The standard InChI is InChI=1S/C22H26BrN3O3/c1-4-28-20-12-17(13-24)11-19(23)22(20)29-15-21(27)25-14-18(26(2)3)10-16-8-6-5-7-9-16/h5-9,11-12,18H,4,10,14-15H2,1-3H3,(H,25,27). The van der Waals surface area contributed by atoms with E-state index < -0.39 is 0 Å². The number of nitriles is 1. The lowest BCUT2D eigenvalue weighted by Crippen LogP contribution is -2.43. The fourth-order valence-corrected chi connectivity index (χ4v) is 3.34. The van der Waals surface area contributed by atoms with E-state index in [-0.39, 0.29) is 18.6 Å². The van der Waals surface area contributed by atoms with Gasteiger partial charge in [0.1, 0.15) is 0 Å². The van der Waals surface area contributed by atoms with Gasteiger partial charge in [-0.15, -0.1) is 0 Å².